The highest BCUT2D eigenvalue weighted by Crippen LogP contribution is 2.28. The van der Waals surface area contributed by atoms with E-state index in [2.05, 4.69) is 16.5 Å². The Labute approximate surface area is 157 Å². The lowest BCUT2D eigenvalue weighted by atomic mass is 9.94. The molecule has 26 heavy (non-hydrogen) atoms. The maximum Gasteiger partial charge on any atom is 0.281 e. The van der Waals surface area contributed by atoms with Gasteiger partial charge in [-0.15, -0.1) is 0 Å². The predicted molar refractivity (Wildman–Crippen MR) is 101 cm³/mol. The second kappa shape index (κ2) is 8.37. The fourth-order valence-electron chi connectivity index (χ4n) is 4.02. The lowest BCUT2D eigenvalue weighted by Gasteiger charge is -2.33. The first-order valence-electron chi connectivity index (χ1n) is 9.67. The third kappa shape index (κ3) is 4.30. The monoisotopic (exact) mass is 384 g/mol. The Bertz CT molecular complexity index is 687. The first-order chi connectivity index (χ1) is 12.4. The highest BCUT2D eigenvalue weighted by molar-refractivity contribution is 7.86. The van der Waals surface area contributed by atoms with Crippen LogP contribution in [0, 0.1) is 12.8 Å². The third-order valence-corrected chi connectivity index (χ3v) is 7.74. The molecule has 148 valence electrons. The van der Waals surface area contributed by atoms with Crippen molar-refractivity contribution in [1.29, 1.82) is 0 Å². The van der Waals surface area contributed by atoms with Crippen LogP contribution in [0.1, 0.15) is 49.5 Å². The second-order valence-electron chi connectivity index (χ2n) is 7.72. The van der Waals surface area contributed by atoms with Crippen LogP contribution in [-0.2, 0) is 21.5 Å². The van der Waals surface area contributed by atoms with Gasteiger partial charge in [0.1, 0.15) is 5.82 Å². The molecule has 1 aromatic heterocycles. The molecule has 0 atom stereocenters. The van der Waals surface area contributed by atoms with Gasteiger partial charge in [-0.2, -0.15) is 17.0 Å². The fourth-order valence-corrected chi connectivity index (χ4v) is 5.16. The number of hydrogen-bond acceptors (Lipinski definition) is 4. The molecule has 3 heterocycles. The summed E-state index contributed by atoms with van der Waals surface area (Å²) in [5.41, 5.74) is 1.22. The van der Waals surface area contributed by atoms with Crippen molar-refractivity contribution in [2.45, 2.75) is 51.5 Å². The second-order valence-corrected chi connectivity index (χ2v) is 9.86. The average molecular weight is 385 g/mol. The van der Waals surface area contributed by atoms with Crippen molar-refractivity contribution >= 4 is 10.2 Å². The van der Waals surface area contributed by atoms with Crippen molar-refractivity contribution < 1.29 is 13.2 Å². The summed E-state index contributed by atoms with van der Waals surface area (Å²) >= 11 is 0. The SMILES string of the molecule is Cc1cnc(C2CCOCC2)n1CCC1CCN(S(=O)(=O)N(C)C)CC1. The normalized spacial score (nSPS) is 21.5. The average Bonchev–Trinajstić information content (AvgIpc) is 3.01. The molecule has 3 rings (SSSR count). The number of aromatic nitrogens is 2. The van der Waals surface area contributed by atoms with E-state index in [1.807, 2.05) is 6.20 Å². The Kier molecular flexibility index (Phi) is 6.37. The van der Waals surface area contributed by atoms with Gasteiger partial charge < -0.3 is 9.30 Å². The smallest absolute Gasteiger partial charge is 0.281 e. The van der Waals surface area contributed by atoms with E-state index < -0.39 is 10.2 Å². The highest BCUT2D eigenvalue weighted by atomic mass is 32.2. The summed E-state index contributed by atoms with van der Waals surface area (Å²) in [7, 11) is -0.0733. The fraction of sp³-hybridized carbons (Fsp3) is 0.833. The van der Waals surface area contributed by atoms with Crippen molar-refractivity contribution in [2.24, 2.45) is 5.92 Å². The van der Waals surface area contributed by atoms with E-state index >= 15 is 0 Å². The van der Waals surface area contributed by atoms with Crippen molar-refractivity contribution in [2.75, 3.05) is 40.4 Å². The van der Waals surface area contributed by atoms with E-state index in [0.717, 1.165) is 51.9 Å². The molecule has 0 aromatic carbocycles. The van der Waals surface area contributed by atoms with Crippen molar-refractivity contribution in [3.8, 4) is 0 Å². The zero-order valence-corrected chi connectivity index (χ0v) is 17.0. The van der Waals surface area contributed by atoms with Crippen LogP contribution in [-0.4, -0.2) is 67.0 Å². The van der Waals surface area contributed by atoms with E-state index in [1.165, 1.54) is 15.8 Å². The van der Waals surface area contributed by atoms with Gasteiger partial charge in [-0.25, -0.2) is 4.98 Å². The molecular formula is C18H32N4O3S. The van der Waals surface area contributed by atoms with Gasteiger partial charge in [0.15, 0.2) is 0 Å². The van der Waals surface area contributed by atoms with Crippen molar-refractivity contribution in [3.05, 3.63) is 17.7 Å². The number of aryl methyl sites for hydroxylation is 1. The molecule has 0 aliphatic carbocycles. The van der Waals surface area contributed by atoms with Gasteiger partial charge in [-0.05, 0) is 44.9 Å². The topological polar surface area (TPSA) is 67.7 Å². The lowest BCUT2D eigenvalue weighted by molar-refractivity contribution is 0.0826. The molecule has 2 fully saturated rings. The molecule has 2 saturated heterocycles. The molecule has 0 saturated carbocycles. The van der Waals surface area contributed by atoms with E-state index in [1.54, 1.807) is 18.4 Å². The minimum absolute atomic E-state index is 0.504. The van der Waals surface area contributed by atoms with Gasteiger partial charge >= 0.3 is 0 Å². The van der Waals surface area contributed by atoms with Crippen LogP contribution in [0.25, 0.3) is 0 Å². The molecule has 0 radical (unpaired) electrons. The summed E-state index contributed by atoms with van der Waals surface area (Å²) in [6.45, 7) is 6.01. The van der Waals surface area contributed by atoms with Crippen LogP contribution in [0.15, 0.2) is 6.20 Å². The zero-order chi connectivity index (χ0) is 18.7. The van der Waals surface area contributed by atoms with E-state index in [0.29, 0.717) is 24.9 Å². The standard InChI is InChI=1S/C18H32N4O3S/c1-15-14-19-18(17-7-12-25-13-8-17)22(15)11-6-16-4-9-21(10-5-16)26(23,24)20(2)3/h14,16-17H,4-13H2,1-3H3. The molecule has 0 unspecified atom stereocenters. The lowest BCUT2D eigenvalue weighted by Crippen LogP contribution is -2.44. The van der Waals surface area contributed by atoms with Gasteiger partial charge in [-0.1, -0.05) is 0 Å². The number of imidazole rings is 1. The van der Waals surface area contributed by atoms with Gasteiger partial charge in [0.05, 0.1) is 0 Å². The van der Waals surface area contributed by atoms with Crippen LogP contribution >= 0.6 is 0 Å². The quantitative estimate of drug-likeness (QED) is 0.752. The first kappa shape index (κ1) is 19.8. The van der Waals surface area contributed by atoms with Crippen LogP contribution < -0.4 is 0 Å². The van der Waals surface area contributed by atoms with Gasteiger partial charge in [-0.3, -0.25) is 0 Å². The number of ether oxygens (including phenoxy) is 1. The summed E-state index contributed by atoms with van der Waals surface area (Å²) in [6, 6.07) is 0. The van der Waals surface area contributed by atoms with E-state index in [4.69, 9.17) is 4.74 Å². The summed E-state index contributed by atoms with van der Waals surface area (Å²) < 4.78 is 35.2. The molecule has 0 spiro atoms. The Morgan fingerprint density at radius 2 is 1.85 bits per heavy atom. The van der Waals surface area contributed by atoms with E-state index in [9.17, 15) is 8.42 Å². The first-order valence-corrected chi connectivity index (χ1v) is 11.1. The Morgan fingerprint density at radius 1 is 1.19 bits per heavy atom. The number of nitrogens with zero attached hydrogens (tertiary/aromatic N) is 4. The number of piperidine rings is 1. The molecule has 2 aliphatic rings. The maximum atomic E-state index is 12.2. The number of hydrogen-bond donors (Lipinski definition) is 0. The third-order valence-electron chi connectivity index (χ3n) is 5.79. The minimum atomic E-state index is -3.27. The molecule has 0 N–H and O–H groups in total. The summed E-state index contributed by atoms with van der Waals surface area (Å²) in [5, 5.41) is 0. The molecule has 0 bridgehead atoms. The zero-order valence-electron chi connectivity index (χ0n) is 16.2. The predicted octanol–water partition coefficient (Wildman–Crippen LogP) is 1.99. The Hall–Kier alpha value is -0.960. The van der Waals surface area contributed by atoms with E-state index in [-0.39, 0.29) is 0 Å². The van der Waals surface area contributed by atoms with Gasteiger partial charge in [0.2, 0.25) is 0 Å². The largest absolute Gasteiger partial charge is 0.381 e. The molecular weight excluding hydrogens is 352 g/mol. The minimum Gasteiger partial charge on any atom is -0.381 e. The van der Waals surface area contributed by atoms with Crippen LogP contribution in [0.4, 0.5) is 0 Å². The Morgan fingerprint density at radius 3 is 2.46 bits per heavy atom. The van der Waals surface area contributed by atoms with Gasteiger partial charge in [0, 0.05) is 64.8 Å². The van der Waals surface area contributed by atoms with Crippen LogP contribution in [0.2, 0.25) is 0 Å². The van der Waals surface area contributed by atoms with Gasteiger partial charge in [0.25, 0.3) is 10.2 Å². The molecule has 1 aromatic rings. The highest BCUT2D eigenvalue weighted by Gasteiger charge is 2.29. The molecule has 0 amide bonds. The summed E-state index contributed by atoms with van der Waals surface area (Å²) in [6.07, 6.45) is 7.05. The summed E-state index contributed by atoms with van der Waals surface area (Å²) in [5.74, 6) is 2.29. The maximum absolute atomic E-state index is 12.2. The van der Waals surface area contributed by atoms with Crippen LogP contribution in [0.3, 0.4) is 0 Å². The number of rotatable bonds is 6. The van der Waals surface area contributed by atoms with Crippen molar-refractivity contribution in [3.63, 3.8) is 0 Å². The molecule has 7 nitrogen and oxygen atoms in total. The molecule has 8 heteroatoms. The van der Waals surface area contributed by atoms with Crippen molar-refractivity contribution in [1.82, 2.24) is 18.2 Å². The molecule has 2 aliphatic heterocycles. The Balaban J connectivity index is 1.55. The summed E-state index contributed by atoms with van der Waals surface area (Å²) in [4.78, 5) is 4.68. The van der Waals surface area contributed by atoms with Crippen LogP contribution in [0.5, 0.6) is 0 Å².